The number of rotatable bonds is 4. The molecule has 1 aromatic rings. The van der Waals surface area contributed by atoms with E-state index in [0.717, 1.165) is 38.1 Å². The number of carbonyl (C=O) groups excluding carboxylic acids is 2. The van der Waals surface area contributed by atoms with Gasteiger partial charge in [-0.15, -0.1) is 0 Å². The van der Waals surface area contributed by atoms with Crippen molar-refractivity contribution in [2.24, 2.45) is 5.92 Å². The predicted octanol–water partition coefficient (Wildman–Crippen LogP) is 2.34. The Morgan fingerprint density at radius 1 is 1.36 bits per heavy atom. The van der Waals surface area contributed by atoms with E-state index in [9.17, 15) is 18.4 Å². The summed E-state index contributed by atoms with van der Waals surface area (Å²) in [4.78, 5) is 25.6. The molecule has 1 aromatic carbocycles. The summed E-state index contributed by atoms with van der Waals surface area (Å²) in [5.74, 6) is -1.79. The second kappa shape index (κ2) is 7.33. The maximum absolute atomic E-state index is 13.4. The number of benzene rings is 1. The molecule has 120 valence electrons. The van der Waals surface area contributed by atoms with Crippen LogP contribution in [0.3, 0.4) is 0 Å². The number of nitrogens with zero attached hydrogens (tertiary/aromatic N) is 1. The number of hydrogen-bond donors (Lipinski definition) is 1. The van der Waals surface area contributed by atoms with Gasteiger partial charge in [-0.25, -0.2) is 8.78 Å². The van der Waals surface area contributed by atoms with E-state index in [1.165, 1.54) is 0 Å². The fourth-order valence-electron chi connectivity index (χ4n) is 2.63. The number of nitrogens with one attached hydrogen (secondary N) is 1. The second-order valence-corrected chi connectivity index (χ2v) is 5.72. The van der Waals surface area contributed by atoms with E-state index in [1.54, 1.807) is 4.90 Å². The third kappa shape index (κ3) is 4.26. The van der Waals surface area contributed by atoms with Crippen LogP contribution in [0.4, 0.5) is 8.78 Å². The average molecular weight is 310 g/mol. The molecule has 0 aromatic heterocycles. The zero-order valence-electron chi connectivity index (χ0n) is 12.6. The Hall–Kier alpha value is -1.98. The summed E-state index contributed by atoms with van der Waals surface area (Å²) < 4.78 is 26.2. The lowest BCUT2D eigenvalue weighted by Gasteiger charge is -2.31. The summed E-state index contributed by atoms with van der Waals surface area (Å²) in [5, 5.41) is 2.49. The van der Waals surface area contributed by atoms with Crippen molar-refractivity contribution in [3.63, 3.8) is 0 Å². The normalized spacial score (nSPS) is 18.1. The molecule has 2 amide bonds. The molecular formula is C16H20F2N2O2. The van der Waals surface area contributed by atoms with E-state index in [0.29, 0.717) is 12.0 Å². The van der Waals surface area contributed by atoms with Gasteiger partial charge in [0.1, 0.15) is 11.6 Å². The van der Waals surface area contributed by atoms with Gasteiger partial charge in [-0.05, 0) is 30.9 Å². The van der Waals surface area contributed by atoms with Crippen LogP contribution in [-0.4, -0.2) is 36.3 Å². The standard InChI is InChI=1S/C16H20F2N2O2/c1-11-3-2-8-20(10-11)15(21)6-7-19-16(22)13-5-4-12(17)9-14(13)18/h4-5,9,11H,2-3,6-8,10H2,1H3,(H,19,22)/t11-/m1/s1. The van der Waals surface area contributed by atoms with Crippen LogP contribution in [-0.2, 0) is 4.79 Å². The Labute approximate surface area is 128 Å². The summed E-state index contributed by atoms with van der Waals surface area (Å²) in [7, 11) is 0. The molecule has 1 atom stereocenters. The van der Waals surface area contributed by atoms with E-state index in [1.807, 2.05) is 0 Å². The second-order valence-electron chi connectivity index (χ2n) is 5.72. The van der Waals surface area contributed by atoms with Gasteiger partial charge >= 0.3 is 0 Å². The molecule has 0 unspecified atom stereocenters. The average Bonchev–Trinajstić information content (AvgIpc) is 2.46. The summed E-state index contributed by atoms with van der Waals surface area (Å²) in [6, 6.07) is 2.78. The maximum Gasteiger partial charge on any atom is 0.254 e. The summed E-state index contributed by atoms with van der Waals surface area (Å²) in [5.41, 5.74) is -0.222. The Morgan fingerprint density at radius 2 is 2.14 bits per heavy atom. The molecule has 1 fully saturated rings. The number of halogens is 2. The van der Waals surface area contributed by atoms with Crippen molar-refractivity contribution in [2.45, 2.75) is 26.2 Å². The van der Waals surface area contributed by atoms with Gasteiger partial charge in [-0.2, -0.15) is 0 Å². The molecular weight excluding hydrogens is 290 g/mol. The van der Waals surface area contributed by atoms with Crippen LogP contribution < -0.4 is 5.32 Å². The number of amides is 2. The molecule has 4 nitrogen and oxygen atoms in total. The van der Waals surface area contributed by atoms with E-state index in [4.69, 9.17) is 0 Å². The van der Waals surface area contributed by atoms with Crippen molar-refractivity contribution < 1.29 is 18.4 Å². The number of carbonyl (C=O) groups is 2. The van der Waals surface area contributed by atoms with Gasteiger partial charge in [0.2, 0.25) is 5.91 Å². The van der Waals surface area contributed by atoms with Crippen LogP contribution in [0, 0.1) is 17.6 Å². The monoisotopic (exact) mass is 310 g/mol. The first-order valence-corrected chi connectivity index (χ1v) is 7.48. The zero-order valence-corrected chi connectivity index (χ0v) is 12.6. The van der Waals surface area contributed by atoms with Crippen LogP contribution >= 0.6 is 0 Å². The summed E-state index contributed by atoms with van der Waals surface area (Å²) in [6.45, 7) is 3.75. The molecule has 22 heavy (non-hydrogen) atoms. The van der Waals surface area contributed by atoms with Crippen molar-refractivity contribution in [1.29, 1.82) is 0 Å². The van der Waals surface area contributed by atoms with Crippen LogP contribution in [0.15, 0.2) is 18.2 Å². The smallest absolute Gasteiger partial charge is 0.254 e. The van der Waals surface area contributed by atoms with E-state index in [2.05, 4.69) is 12.2 Å². The van der Waals surface area contributed by atoms with Crippen molar-refractivity contribution >= 4 is 11.8 Å². The van der Waals surface area contributed by atoms with Gasteiger partial charge in [-0.1, -0.05) is 6.92 Å². The maximum atomic E-state index is 13.4. The highest BCUT2D eigenvalue weighted by atomic mass is 19.1. The zero-order chi connectivity index (χ0) is 16.1. The number of piperidine rings is 1. The Morgan fingerprint density at radius 3 is 2.82 bits per heavy atom. The fraction of sp³-hybridized carbons (Fsp3) is 0.500. The fourth-order valence-corrected chi connectivity index (χ4v) is 2.63. The minimum absolute atomic E-state index is 0.00794. The topological polar surface area (TPSA) is 49.4 Å². The first-order valence-electron chi connectivity index (χ1n) is 7.48. The molecule has 1 aliphatic heterocycles. The molecule has 1 saturated heterocycles. The number of hydrogen-bond acceptors (Lipinski definition) is 2. The SMILES string of the molecule is C[C@@H]1CCCN(C(=O)CCNC(=O)c2ccc(F)cc2F)C1. The van der Waals surface area contributed by atoms with Gasteiger partial charge < -0.3 is 10.2 Å². The summed E-state index contributed by atoms with van der Waals surface area (Å²) >= 11 is 0. The van der Waals surface area contributed by atoms with Crippen molar-refractivity contribution in [3.8, 4) is 0 Å². The van der Waals surface area contributed by atoms with Gasteiger partial charge in [0.15, 0.2) is 0 Å². The van der Waals surface area contributed by atoms with E-state index >= 15 is 0 Å². The third-order valence-electron chi connectivity index (χ3n) is 3.81. The molecule has 0 bridgehead atoms. The molecule has 0 saturated carbocycles. The lowest BCUT2D eigenvalue weighted by Crippen LogP contribution is -2.40. The molecule has 0 radical (unpaired) electrons. The molecule has 1 aliphatic rings. The van der Waals surface area contributed by atoms with Crippen LogP contribution in [0.25, 0.3) is 0 Å². The van der Waals surface area contributed by atoms with Gasteiger partial charge in [0.25, 0.3) is 5.91 Å². The highest BCUT2D eigenvalue weighted by Crippen LogP contribution is 2.16. The van der Waals surface area contributed by atoms with Crippen LogP contribution in [0.2, 0.25) is 0 Å². The van der Waals surface area contributed by atoms with Gasteiger partial charge in [-0.3, -0.25) is 9.59 Å². The minimum Gasteiger partial charge on any atom is -0.351 e. The highest BCUT2D eigenvalue weighted by Gasteiger charge is 2.20. The van der Waals surface area contributed by atoms with E-state index in [-0.39, 0.29) is 24.4 Å². The van der Waals surface area contributed by atoms with Crippen LogP contribution in [0.5, 0.6) is 0 Å². The predicted molar refractivity (Wildman–Crippen MR) is 78.3 cm³/mol. The lowest BCUT2D eigenvalue weighted by molar-refractivity contribution is -0.132. The minimum atomic E-state index is -0.909. The molecule has 6 heteroatoms. The molecule has 2 rings (SSSR count). The third-order valence-corrected chi connectivity index (χ3v) is 3.81. The quantitative estimate of drug-likeness (QED) is 0.928. The largest absolute Gasteiger partial charge is 0.351 e. The van der Waals surface area contributed by atoms with E-state index < -0.39 is 17.5 Å². The van der Waals surface area contributed by atoms with Crippen molar-refractivity contribution in [2.75, 3.05) is 19.6 Å². The Balaban J connectivity index is 1.80. The van der Waals surface area contributed by atoms with Gasteiger partial charge in [0, 0.05) is 32.1 Å². The first kappa shape index (κ1) is 16.4. The lowest BCUT2D eigenvalue weighted by atomic mass is 10.00. The summed E-state index contributed by atoms with van der Waals surface area (Å²) in [6.07, 6.45) is 2.31. The van der Waals surface area contributed by atoms with Crippen molar-refractivity contribution in [3.05, 3.63) is 35.4 Å². The Bertz CT molecular complexity index is 563. The molecule has 1 N–H and O–H groups in total. The number of likely N-dealkylation sites (tertiary alicyclic amines) is 1. The Kier molecular flexibility index (Phi) is 5.46. The first-order chi connectivity index (χ1) is 10.5. The molecule has 1 heterocycles. The molecule has 0 spiro atoms. The highest BCUT2D eigenvalue weighted by molar-refractivity contribution is 5.94. The van der Waals surface area contributed by atoms with Crippen LogP contribution in [0.1, 0.15) is 36.5 Å². The molecule has 0 aliphatic carbocycles. The van der Waals surface area contributed by atoms with Crippen molar-refractivity contribution in [1.82, 2.24) is 10.2 Å². The van der Waals surface area contributed by atoms with Gasteiger partial charge in [0.05, 0.1) is 5.56 Å².